The highest BCUT2D eigenvalue weighted by Gasteiger charge is 2.24. The monoisotopic (exact) mass is 490 g/mol. The molecule has 0 unspecified atom stereocenters. The number of hydrogen-bond donors (Lipinski definition) is 1. The highest BCUT2D eigenvalue weighted by atomic mass is 79.9. The van der Waals surface area contributed by atoms with Crippen molar-refractivity contribution in [3.8, 4) is 17.2 Å². The van der Waals surface area contributed by atoms with Crippen molar-refractivity contribution >= 4 is 27.7 Å². The zero-order valence-electron chi connectivity index (χ0n) is 17.6. The Morgan fingerprint density at radius 2 is 1.45 bits per heavy atom. The molecule has 0 aliphatic carbocycles. The van der Waals surface area contributed by atoms with Gasteiger partial charge in [0.2, 0.25) is 11.8 Å². The minimum Gasteiger partial charge on any atom is -0.504 e. The molecule has 166 valence electrons. The van der Waals surface area contributed by atoms with Crippen LogP contribution in [-0.2, 0) is 9.59 Å². The number of rotatable bonds is 8. The van der Waals surface area contributed by atoms with Gasteiger partial charge >= 0.3 is 0 Å². The zero-order chi connectivity index (χ0) is 22.2. The smallest absolute Gasteiger partial charge is 0.226 e. The van der Waals surface area contributed by atoms with Crippen LogP contribution < -0.4 is 9.47 Å². The number of phenols is 1. The Balaban J connectivity index is 1.35. The maximum Gasteiger partial charge on any atom is 0.226 e. The molecule has 1 aliphatic rings. The Morgan fingerprint density at radius 1 is 0.903 bits per heavy atom. The van der Waals surface area contributed by atoms with E-state index in [1.807, 2.05) is 25.1 Å². The first-order valence-corrected chi connectivity index (χ1v) is 11.1. The number of carbonyl (C=O) groups excluding carboxylic acids is 2. The van der Waals surface area contributed by atoms with Crippen LogP contribution in [-0.4, -0.2) is 66.1 Å². The molecule has 0 spiro atoms. The van der Waals surface area contributed by atoms with Gasteiger partial charge in [-0.2, -0.15) is 0 Å². The number of ether oxygens (including phenoxy) is 2. The van der Waals surface area contributed by atoms with Gasteiger partial charge in [-0.15, -0.1) is 0 Å². The number of aryl methyl sites for hydroxylation is 1. The number of hydrogen-bond acceptors (Lipinski definition) is 5. The van der Waals surface area contributed by atoms with Crippen molar-refractivity contribution in [2.75, 3.05) is 39.4 Å². The maximum absolute atomic E-state index is 12.5. The Labute approximate surface area is 190 Å². The van der Waals surface area contributed by atoms with Gasteiger partial charge in [0.15, 0.2) is 11.5 Å². The quantitative estimate of drug-likeness (QED) is 0.613. The summed E-state index contributed by atoms with van der Waals surface area (Å²) in [4.78, 5) is 28.4. The highest BCUT2D eigenvalue weighted by Crippen LogP contribution is 2.26. The summed E-state index contributed by atoms with van der Waals surface area (Å²) in [6.45, 7) is 4.55. The predicted octanol–water partition coefficient (Wildman–Crippen LogP) is 3.37. The Hall–Kier alpha value is -2.74. The molecule has 3 rings (SSSR count). The molecule has 0 bridgehead atoms. The van der Waals surface area contributed by atoms with E-state index in [4.69, 9.17) is 9.47 Å². The lowest BCUT2D eigenvalue weighted by atomic mass is 10.2. The number of phenolic OH excluding ortho intramolecular Hbond substituents is 1. The molecule has 1 saturated heterocycles. The van der Waals surface area contributed by atoms with Crippen LogP contribution in [0, 0.1) is 6.92 Å². The first-order chi connectivity index (χ1) is 14.9. The molecule has 0 aromatic heterocycles. The van der Waals surface area contributed by atoms with Crippen molar-refractivity contribution in [1.82, 2.24) is 9.80 Å². The number of aromatic hydroxyl groups is 1. The summed E-state index contributed by atoms with van der Waals surface area (Å²) in [7, 11) is 0. The molecule has 1 aliphatic heterocycles. The molecule has 8 heteroatoms. The van der Waals surface area contributed by atoms with Crippen molar-refractivity contribution < 1.29 is 24.2 Å². The average molecular weight is 491 g/mol. The van der Waals surface area contributed by atoms with Crippen LogP contribution >= 0.6 is 15.9 Å². The van der Waals surface area contributed by atoms with E-state index in [9.17, 15) is 14.7 Å². The third kappa shape index (κ3) is 6.62. The van der Waals surface area contributed by atoms with Crippen LogP contribution in [0.15, 0.2) is 46.9 Å². The number of nitrogens with zero attached hydrogens (tertiary/aromatic N) is 2. The first kappa shape index (κ1) is 22.9. The number of carbonyl (C=O) groups is 2. The lowest BCUT2D eigenvalue weighted by Gasteiger charge is -2.35. The molecule has 0 saturated carbocycles. The predicted molar refractivity (Wildman–Crippen MR) is 120 cm³/mol. The molecular formula is C23H27BrN2O5. The van der Waals surface area contributed by atoms with Crippen LogP contribution in [0.5, 0.6) is 17.2 Å². The minimum atomic E-state index is -0.0184. The van der Waals surface area contributed by atoms with Gasteiger partial charge in [0.25, 0.3) is 0 Å². The van der Waals surface area contributed by atoms with Crippen LogP contribution in [0.25, 0.3) is 0 Å². The van der Waals surface area contributed by atoms with E-state index < -0.39 is 0 Å². The van der Waals surface area contributed by atoms with E-state index >= 15 is 0 Å². The zero-order valence-corrected chi connectivity index (χ0v) is 19.1. The Bertz CT molecular complexity index is 913. The summed E-state index contributed by atoms with van der Waals surface area (Å²) in [6, 6.07) is 12.5. The van der Waals surface area contributed by atoms with E-state index in [1.165, 1.54) is 6.07 Å². The van der Waals surface area contributed by atoms with Crippen LogP contribution in [0.4, 0.5) is 0 Å². The summed E-state index contributed by atoms with van der Waals surface area (Å²) >= 11 is 3.47. The minimum absolute atomic E-state index is 0.0184. The molecule has 0 radical (unpaired) electrons. The van der Waals surface area contributed by atoms with Gasteiger partial charge < -0.3 is 24.4 Å². The van der Waals surface area contributed by atoms with Gasteiger partial charge in [-0.05, 0) is 52.7 Å². The summed E-state index contributed by atoms with van der Waals surface area (Å²) in [5.41, 5.74) is 1.13. The van der Waals surface area contributed by atoms with E-state index in [0.29, 0.717) is 45.0 Å². The van der Waals surface area contributed by atoms with Crippen molar-refractivity contribution in [2.45, 2.75) is 19.8 Å². The molecule has 0 atom stereocenters. The normalized spacial score (nSPS) is 13.7. The topological polar surface area (TPSA) is 79.3 Å². The maximum atomic E-state index is 12.5. The van der Waals surface area contributed by atoms with E-state index in [0.717, 1.165) is 15.8 Å². The Morgan fingerprint density at radius 3 is 2.00 bits per heavy atom. The second-order valence-electron chi connectivity index (χ2n) is 7.36. The van der Waals surface area contributed by atoms with Crippen molar-refractivity contribution in [3.63, 3.8) is 0 Å². The van der Waals surface area contributed by atoms with Crippen molar-refractivity contribution in [1.29, 1.82) is 0 Å². The third-order valence-corrected chi connectivity index (χ3v) is 5.70. The van der Waals surface area contributed by atoms with Gasteiger partial charge in [0, 0.05) is 26.2 Å². The molecule has 2 aromatic carbocycles. The molecule has 1 heterocycles. The van der Waals surface area contributed by atoms with Gasteiger partial charge in [-0.3, -0.25) is 9.59 Å². The van der Waals surface area contributed by atoms with Gasteiger partial charge in [-0.25, -0.2) is 0 Å². The van der Waals surface area contributed by atoms with E-state index in [1.54, 1.807) is 28.0 Å². The third-order valence-electron chi connectivity index (χ3n) is 5.08. The van der Waals surface area contributed by atoms with Crippen molar-refractivity contribution in [3.05, 3.63) is 52.5 Å². The van der Waals surface area contributed by atoms with E-state index in [2.05, 4.69) is 15.9 Å². The summed E-state index contributed by atoms with van der Waals surface area (Å²) in [6.07, 6.45) is 0.518. The lowest BCUT2D eigenvalue weighted by molar-refractivity contribution is -0.140. The van der Waals surface area contributed by atoms with Crippen LogP contribution in [0.3, 0.4) is 0 Å². The second kappa shape index (κ2) is 11.0. The lowest BCUT2D eigenvalue weighted by Crippen LogP contribution is -2.51. The van der Waals surface area contributed by atoms with Gasteiger partial charge in [0.1, 0.15) is 5.75 Å². The average Bonchev–Trinajstić information content (AvgIpc) is 2.76. The fourth-order valence-corrected chi connectivity index (χ4v) is 3.93. The number of benzene rings is 2. The largest absolute Gasteiger partial charge is 0.504 e. The summed E-state index contributed by atoms with van der Waals surface area (Å²) in [5, 5.41) is 9.69. The standard InChI is InChI=1S/C23H27BrN2O5/c1-17-6-7-20(18(24)16-17)30-14-8-22(28)25-10-12-26(13-11-25)23(29)9-15-31-21-5-3-2-4-19(21)27/h2-7,16,27H,8-15H2,1H3. The highest BCUT2D eigenvalue weighted by molar-refractivity contribution is 9.10. The molecule has 2 aromatic rings. The van der Waals surface area contributed by atoms with Gasteiger partial charge in [0.05, 0.1) is 30.5 Å². The molecule has 2 amide bonds. The molecule has 7 nitrogen and oxygen atoms in total. The van der Waals surface area contributed by atoms with E-state index in [-0.39, 0.29) is 30.6 Å². The first-order valence-electron chi connectivity index (χ1n) is 10.3. The molecule has 1 N–H and O–H groups in total. The fourth-order valence-electron chi connectivity index (χ4n) is 3.32. The summed E-state index contributed by atoms with van der Waals surface area (Å²) < 4.78 is 12.1. The fraction of sp³-hybridized carbons (Fsp3) is 0.391. The Kier molecular flexibility index (Phi) is 8.17. The van der Waals surface area contributed by atoms with Crippen LogP contribution in [0.2, 0.25) is 0 Å². The molecule has 31 heavy (non-hydrogen) atoms. The summed E-state index contributed by atoms with van der Waals surface area (Å²) in [5.74, 6) is 1.15. The SMILES string of the molecule is Cc1ccc(OCCC(=O)N2CCN(C(=O)CCOc3ccccc3O)CC2)c(Br)c1. The van der Waals surface area contributed by atoms with Crippen molar-refractivity contribution in [2.24, 2.45) is 0 Å². The number of halogens is 1. The molecular weight excluding hydrogens is 464 g/mol. The second-order valence-corrected chi connectivity index (χ2v) is 8.21. The number of amides is 2. The number of piperazine rings is 1. The van der Waals surface area contributed by atoms with Gasteiger partial charge in [-0.1, -0.05) is 18.2 Å². The van der Waals surface area contributed by atoms with Crippen LogP contribution in [0.1, 0.15) is 18.4 Å². The number of para-hydroxylation sites is 2. The molecule has 1 fully saturated rings.